The largest absolute Gasteiger partial charge is 0.457 e. The normalized spacial score (nSPS) is 26.6. The fourth-order valence-electron chi connectivity index (χ4n) is 2.10. The van der Waals surface area contributed by atoms with Gasteiger partial charge in [0.25, 0.3) is 0 Å². The number of carbonyl (C=O) groups is 1. The lowest BCUT2D eigenvalue weighted by Crippen LogP contribution is -2.41. The Hall–Kier alpha value is -0.910. The van der Waals surface area contributed by atoms with Crippen LogP contribution in [-0.2, 0) is 9.53 Å². The number of rotatable bonds is 8. The third-order valence-corrected chi connectivity index (χ3v) is 3.27. The number of hydrogen-bond acceptors (Lipinski definition) is 5. The van der Waals surface area contributed by atoms with Gasteiger partial charge in [-0.3, -0.25) is 4.79 Å². The molecule has 0 aliphatic carbocycles. The van der Waals surface area contributed by atoms with Crippen LogP contribution < -0.4 is 0 Å². The van der Waals surface area contributed by atoms with Crippen LogP contribution in [0.2, 0.25) is 0 Å². The maximum absolute atomic E-state index is 11.0. The van der Waals surface area contributed by atoms with Crippen molar-refractivity contribution in [3.8, 4) is 0 Å². The Bertz CT molecular complexity index is 302. The Morgan fingerprint density at radius 2 is 2.11 bits per heavy atom. The first kappa shape index (κ1) is 16.1. The maximum Gasteiger partial charge on any atom is 0.309 e. The predicted octanol–water partition coefficient (Wildman–Crippen LogP) is 0.911. The first-order valence-electron chi connectivity index (χ1n) is 6.96. The molecule has 0 unspecified atom stereocenters. The van der Waals surface area contributed by atoms with Crippen molar-refractivity contribution < 1.29 is 24.9 Å². The van der Waals surface area contributed by atoms with Crippen molar-refractivity contribution in [2.75, 3.05) is 0 Å². The van der Waals surface area contributed by atoms with E-state index in [1.807, 2.05) is 6.08 Å². The fourth-order valence-corrected chi connectivity index (χ4v) is 2.10. The molecule has 0 saturated carbocycles. The summed E-state index contributed by atoms with van der Waals surface area (Å²) in [6.07, 6.45) is 4.10. The number of cyclic esters (lactones) is 1. The molecular weight excluding hydrogens is 248 g/mol. The highest BCUT2D eigenvalue weighted by atomic mass is 16.6. The number of ether oxygens (including phenoxy) is 1. The summed E-state index contributed by atoms with van der Waals surface area (Å²) in [4.78, 5) is 11.0. The van der Waals surface area contributed by atoms with Gasteiger partial charge >= 0.3 is 5.97 Å². The van der Waals surface area contributed by atoms with E-state index in [1.165, 1.54) is 18.9 Å². The van der Waals surface area contributed by atoms with E-state index in [0.29, 0.717) is 0 Å². The minimum atomic E-state index is -1.28. The molecule has 4 atom stereocenters. The molecule has 5 heteroatoms. The quantitative estimate of drug-likeness (QED) is 0.347. The molecule has 0 aromatic carbocycles. The minimum Gasteiger partial charge on any atom is -0.457 e. The smallest absolute Gasteiger partial charge is 0.309 e. The predicted molar refractivity (Wildman–Crippen MR) is 70.4 cm³/mol. The Kier molecular flexibility index (Phi) is 7.05. The Labute approximate surface area is 113 Å². The van der Waals surface area contributed by atoms with Crippen LogP contribution in [0.25, 0.3) is 0 Å². The van der Waals surface area contributed by atoms with Crippen LogP contribution in [0, 0.1) is 0 Å². The van der Waals surface area contributed by atoms with Gasteiger partial charge in [-0.2, -0.15) is 0 Å². The number of carbonyl (C=O) groups excluding carboxylic acids is 1. The molecule has 1 fully saturated rings. The Balaban J connectivity index is 2.30. The van der Waals surface area contributed by atoms with Gasteiger partial charge in [0.15, 0.2) is 6.10 Å². The van der Waals surface area contributed by atoms with Crippen molar-refractivity contribution in [1.29, 1.82) is 0 Å². The summed E-state index contributed by atoms with van der Waals surface area (Å²) < 4.78 is 4.78. The fraction of sp³-hybridized carbons (Fsp3) is 0.786. The molecule has 0 aromatic rings. The summed E-state index contributed by atoms with van der Waals surface area (Å²) >= 11 is 0. The minimum absolute atomic E-state index is 0.130. The van der Waals surface area contributed by atoms with Crippen molar-refractivity contribution in [2.24, 2.45) is 0 Å². The second kappa shape index (κ2) is 8.30. The summed E-state index contributed by atoms with van der Waals surface area (Å²) in [5, 5.41) is 29.1. The molecular formula is C14H24O5. The molecule has 0 bridgehead atoms. The standard InChI is InChI=1S/C14H24O5/c1-2-3-4-5-6-7-8-10(15)13(18)14-11(16)9-12(17)19-14/h7-8,10-11,13-16,18H,2-6,9H2,1H3/b8-7-/t10-,11+,13-,14+/m1/s1. The Morgan fingerprint density at radius 3 is 2.68 bits per heavy atom. The number of aliphatic hydroxyl groups excluding tert-OH is 3. The van der Waals surface area contributed by atoms with E-state index in [9.17, 15) is 20.1 Å². The van der Waals surface area contributed by atoms with Crippen molar-refractivity contribution in [3.63, 3.8) is 0 Å². The van der Waals surface area contributed by atoms with Crippen LogP contribution >= 0.6 is 0 Å². The van der Waals surface area contributed by atoms with E-state index in [-0.39, 0.29) is 6.42 Å². The Morgan fingerprint density at radius 1 is 1.37 bits per heavy atom. The van der Waals surface area contributed by atoms with E-state index < -0.39 is 30.4 Å². The summed E-state index contributed by atoms with van der Waals surface area (Å²) in [5.41, 5.74) is 0. The number of allylic oxidation sites excluding steroid dienone is 1. The van der Waals surface area contributed by atoms with E-state index in [2.05, 4.69) is 6.92 Å². The van der Waals surface area contributed by atoms with Gasteiger partial charge in [-0.05, 0) is 12.8 Å². The van der Waals surface area contributed by atoms with Gasteiger partial charge in [0.05, 0.1) is 6.42 Å². The van der Waals surface area contributed by atoms with Crippen molar-refractivity contribution in [2.45, 2.75) is 69.9 Å². The molecule has 5 nitrogen and oxygen atoms in total. The molecule has 0 amide bonds. The van der Waals surface area contributed by atoms with E-state index >= 15 is 0 Å². The summed E-state index contributed by atoms with van der Waals surface area (Å²) in [5.74, 6) is -0.549. The monoisotopic (exact) mass is 272 g/mol. The van der Waals surface area contributed by atoms with Crippen molar-refractivity contribution >= 4 is 5.97 Å². The molecule has 3 N–H and O–H groups in total. The first-order chi connectivity index (χ1) is 9.06. The van der Waals surface area contributed by atoms with Gasteiger partial charge in [-0.15, -0.1) is 0 Å². The van der Waals surface area contributed by atoms with Crippen molar-refractivity contribution in [3.05, 3.63) is 12.2 Å². The zero-order valence-electron chi connectivity index (χ0n) is 11.4. The molecule has 1 aliphatic heterocycles. The zero-order chi connectivity index (χ0) is 14.3. The molecule has 1 heterocycles. The number of esters is 1. The van der Waals surface area contributed by atoms with Crippen LogP contribution in [0.1, 0.15) is 45.4 Å². The third kappa shape index (κ3) is 5.30. The van der Waals surface area contributed by atoms with E-state index in [1.54, 1.807) is 0 Å². The first-order valence-corrected chi connectivity index (χ1v) is 6.96. The number of aliphatic hydroxyl groups is 3. The molecule has 0 aromatic heterocycles. The van der Waals surface area contributed by atoms with Crippen LogP contribution in [-0.4, -0.2) is 45.7 Å². The molecule has 0 spiro atoms. The second-order valence-corrected chi connectivity index (χ2v) is 4.98. The summed E-state index contributed by atoms with van der Waals surface area (Å²) in [6.45, 7) is 2.14. The molecule has 110 valence electrons. The zero-order valence-corrected chi connectivity index (χ0v) is 11.4. The molecule has 19 heavy (non-hydrogen) atoms. The highest BCUT2D eigenvalue weighted by Crippen LogP contribution is 2.20. The molecule has 1 aliphatic rings. The number of unbranched alkanes of at least 4 members (excludes halogenated alkanes) is 4. The number of hydrogen-bond donors (Lipinski definition) is 3. The van der Waals surface area contributed by atoms with Gasteiger partial charge in [0.1, 0.15) is 18.3 Å². The van der Waals surface area contributed by atoms with E-state index in [4.69, 9.17) is 4.74 Å². The van der Waals surface area contributed by atoms with Crippen molar-refractivity contribution in [1.82, 2.24) is 0 Å². The van der Waals surface area contributed by atoms with Crippen LogP contribution in [0.5, 0.6) is 0 Å². The topological polar surface area (TPSA) is 87.0 Å². The van der Waals surface area contributed by atoms with Gasteiger partial charge in [-0.25, -0.2) is 0 Å². The van der Waals surface area contributed by atoms with Gasteiger partial charge in [0.2, 0.25) is 0 Å². The van der Waals surface area contributed by atoms with E-state index in [0.717, 1.165) is 19.3 Å². The lowest BCUT2D eigenvalue weighted by atomic mass is 10.0. The molecule has 1 saturated heterocycles. The lowest BCUT2D eigenvalue weighted by Gasteiger charge is -2.22. The van der Waals surface area contributed by atoms with Gasteiger partial charge in [-0.1, -0.05) is 38.3 Å². The van der Waals surface area contributed by atoms with Gasteiger partial charge in [0, 0.05) is 0 Å². The average Bonchev–Trinajstić information content (AvgIpc) is 2.71. The van der Waals surface area contributed by atoms with Crippen LogP contribution in [0.15, 0.2) is 12.2 Å². The van der Waals surface area contributed by atoms with Crippen LogP contribution in [0.4, 0.5) is 0 Å². The summed E-state index contributed by atoms with van der Waals surface area (Å²) in [6, 6.07) is 0. The maximum atomic E-state index is 11.0. The summed E-state index contributed by atoms with van der Waals surface area (Å²) in [7, 11) is 0. The van der Waals surface area contributed by atoms with Crippen LogP contribution in [0.3, 0.4) is 0 Å². The highest BCUT2D eigenvalue weighted by Gasteiger charge is 2.40. The average molecular weight is 272 g/mol. The van der Waals surface area contributed by atoms with Gasteiger partial charge < -0.3 is 20.1 Å². The highest BCUT2D eigenvalue weighted by molar-refractivity contribution is 5.72. The lowest BCUT2D eigenvalue weighted by molar-refractivity contribution is -0.149. The SMILES string of the molecule is CCCCCC/C=C\[C@@H](O)[C@@H](O)[C@H]1OC(=O)C[C@@H]1O. The molecule has 0 radical (unpaired) electrons. The third-order valence-electron chi connectivity index (χ3n) is 3.27. The second-order valence-electron chi connectivity index (χ2n) is 4.98. The molecule has 1 rings (SSSR count).